The molecule has 0 radical (unpaired) electrons. The van der Waals surface area contributed by atoms with E-state index in [0.717, 1.165) is 52.1 Å². The minimum Gasteiger partial charge on any atom is -0.271 e. The summed E-state index contributed by atoms with van der Waals surface area (Å²) >= 11 is 0. The van der Waals surface area contributed by atoms with E-state index in [9.17, 15) is 14.4 Å². The summed E-state index contributed by atoms with van der Waals surface area (Å²) in [5.74, 6) is -1.10. The maximum Gasteiger partial charge on any atom is 0.264 e. The summed E-state index contributed by atoms with van der Waals surface area (Å²) in [5, 5.41) is 16.1. The molecule has 7 rings (SSSR count). The fraction of sp³-hybridized carbons (Fsp3) is 0.273. The van der Waals surface area contributed by atoms with Crippen LogP contribution in [0.1, 0.15) is 42.0 Å². The summed E-state index contributed by atoms with van der Waals surface area (Å²) < 4.78 is 0. The lowest BCUT2D eigenvalue weighted by atomic mass is 9.77. The number of fused-ring (bicyclic) bond motifs is 2. The maximum atomic E-state index is 14.0. The van der Waals surface area contributed by atoms with Crippen LogP contribution in [0.25, 0.3) is 6.08 Å². The van der Waals surface area contributed by atoms with Gasteiger partial charge in [0, 0.05) is 5.92 Å². The molecule has 0 spiro atoms. The van der Waals surface area contributed by atoms with E-state index in [0.29, 0.717) is 5.69 Å². The highest BCUT2D eigenvalue weighted by Crippen LogP contribution is 2.44. The molecule has 9 heteroatoms. The molecule has 2 fully saturated rings. The number of hydrogen-bond acceptors (Lipinski definition) is 7. The van der Waals surface area contributed by atoms with Crippen LogP contribution in [0.2, 0.25) is 0 Å². The molecule has 0 aromatic heterocycles. The van der Waals surface area contributed by atoms with E-state index in [-0.39, 0.29) is 24.4 Å². The molecule has 9 nitrogen and oxygen atoms in total. The quantitative estimate of drug-likeness (QED) is 0.407. The maximum absolute atomic E-state index is 14.0. The monoisotopic (exact) mass is 558 g/mol. The Bertz CT molecular complexity index is 1630. The molecule has 1 aliphatic carbocycles. The van der Waals surface area contributed by atoms with Gasteiger partial charge in [0.25, 0.3) is 17.7 Å². The number of carbonyl (C=O) groups excluding carboxylic acids is 3. The van der Waals surface area contributed by atoms with Gasteiger partial charge in [-0.15, -0.1) is 0 Å². The Kier molecular flexibility index (Phi) is 6.49. The minimum atomic E-state index is -0.968. The molecular formula is C33H30N6O3. The zero-order chi connectivity index (χ0) is 28.8. The van der Waals surface area contributed by atoms with Crippen LogP contribution in [0, 0.1) is 12.8 Å². The van der Waals surface area contributed by atoms with Crippen molar-refractivity contribution in [3.8, 4) is 0 Å². The lowest BCUT2D eigenvalue weighted by molar-refractivity contribution is -0.136. The lowest BCUT2D eigenvalue weighted by Gasteiger charge is -2.30. The topological polar surface area (TPSA) is 98.0 Å². The van der Waals surface area contributed by atoms with E-state index in [1.807, 2.05) is 67.6 Å². The first kappa shape index (κ1) is 26.0. The molecule has 0 N–H and O–H groups in total. The molecule has 4 aliphatic rings. The summed E-state index contributed by atoms with van der Waals surface area (Å²) in [6.07, 6.45) is 4.98. The summed E-state index contributed by atoms with van der Waals surface area (Å²) in [4.78, 5) is 41.8. The van der Waals surface area contributed by atoms with Crippen molar-refractivity contribution in [3.05, 3.63) is 107 Å². The Morgan fingerprint density at radius 2 is 1.62 bits per heavy atom. The molecule has 3 aromatic carbocycles. The number of hydrazone groups is 1. The van der Waals surface area contributed by atoms with Gasteiger partial charge in [-0.25, -0.2) is 9.91 Å². The van der Waals surface area contributed by atoms with Gasteiger partial charge in [0.15, 0.2) is 12.1 Å². The van der Waals surface area contributed by atoms with Gasteiger partial charge in [-0.3, -0.25) is 19.4 Å². The Labute approximate surface area is 243 Å². The van der Waals surface area contributed by atoms with Gasteiger partial charge in [-0.1, -0.05) is 83.6 Å². The standard InChI is InChI=1S/C33H30N6O3/c1-21-15-17-25(18-16-21)38-32(41)29-31(33(38)42)37(36-34-29)20-27(40)39-30(23-11-6-3-7-12-23)26-14-8-13-24(28(26)35-39)19-22-9-4-2-5-10-22/h2-7,9-12,15-19,26,29-31H,8,13-14,20H2,1H3/b24-19+/t26-,29+,30-,31-/m0/s1. The van der Waals surface area contributed by atoms with Crippen LogP contribution in [0.4, 0.5) is 5.69 Å². The van der Waals surface area contributed by atoms with Crippen molar-refractivity contribution in [2.45, 2.75) is 44.3 Å². The number of allylic oxidation sites excluding steroid dienone is 1. The fourth-order valence-electron chi connectivity index (χ4n) is 6.45. The van der Waals surface area contributed by atoms with Crippen molar-refractivity contribution in [2.24, 2.45) is 21.4 Å². The highest BCUT2D eigenvalue weighted by molar-refractivity contribution is 6.25. The van der Waals surface area contributed by atoms with E-state index in [2.05, 4.69) is 28.5 Å². The van der Waals surface area contributed by atoms with Crippen molar-refractivity contribution in [2.75, 3.05) is 11.4 Å². The number of benzene rings is 3. The molecule has 210 valence electrons. The molecule has 3 aromatic rings. The number of nitrogens with zero attached hydrogens (tertiary/aromatic N) is 6. The normalized spacial score (nSPS) is 25.7. The zero-order valence-electron chi connectivity index (χ0n) is 23.2. The van der Waals surface area contributed by atoms with E-state index in [1.54, 1.807) is 17.1 Å². The molecular weight excluding hydrogens is 528 g/mol. The number of amides is 3. The SMILES string of the molecule is Cc1ccc(N2C(=O)[C@@H]3[C@@H](N=NN3CC(=O)N3N=C4/C(=C/c5ccccc5)CCC[C@@H]4[C@@H]3c3ccccc3)C2=O)cc1. The van der Waals surface area contributed by atoms with Crippen molar-refractivity contribution in [1.29, 1.82) is 0 Å². The van der Waals surface area contributed by atoms with Gasteiger partial charge in [0.05, 0.1) is 17.4 Å². The van der Waals surface area contributed by atoms with Crippen LogP contribution >= 0.6 is 0 Å². The highest BCUT2D eigenvalue weighted by Gasteiger charge is 2.55. The molecule has 1 saturated carbocycles. The van der Waals surface area contributed by atoms with Crippen molar-refractivity contribution in [1.82, 2.24) is 10.0 Å². The van der Waals surface area contributed by atoms with Crippen LogP contribution in [0.3, 0.4) is 0 Å². The van der Waals surface area contributed by atoms with Crippen LogP contribution in [0.5, 0.6) is 0 Å². The van der Waals surface area contributed by atoms with Gasteiger partial charge < -0.3 is 0 Å². The average Bonchev–Trinajstić information content (AvgIpc) is 3.68. The number of hydrogen-bond donors (Lipinski definition) is 0. The predicted molar refractivity (Wildman–Crippen MR) is 158 cm³/mol. The first-order chi connectivity index (χ1) is 20.5. The molecule has 0 bridgehead atoms. The molecule has 4 atom stereocenters. The lowest BCUT2D eigenvalue weighted by Crippen LogP contribution is -2.45. The Balaban J connectivity index is 1.18. The minimum absolute atomic E-state index is 0.0553. The van der Waals surface area contributed by atoms with Crippen molar-refractivity contribution >= 4 is 35.2 Å². The number of carbonyl (C=O) groups is 3. The van der Waals surface area contributed by atoms with Gasteiger partial charge in [0.2, 0.25) is 0 Å². The van der Waals surface area contributed by atoms with Crippen molar-refractivity contribution in [3.63, 3.8) is 0 Å². The van der Waals surface area contributed by atoms with Crippen LogP contribution in [0.15, 0.2) is 106 Å². The molecule has 3 amide bonds. The number of anilines is 1. The van der Waals surface area contributed by atoms with Gasteiger partial charge in [-0.05, 0) is 61.1 Å². The average molecular weight is 559 g/mol. The van der Waals surface area contributed by atoms with Gasteiger partial charge in [-0.2, -0.15) is 10.2 Å². The third-order valence-electron chi connectivity index (χ3n) is 8.49. The summed E-state index contributed by atoms with van der Waals surface area (Å²) in [7, 11) is 0. The molecule has 3 aliphatic heterocycles. The van der Waals surface area contributed by atoms with E-state index < -0.39 is 23.9 Å². The summed E-state index contributed by atoms with van der Waals surface area (Å²) in [6.45, 7) is 1.73. The second-order valence-corrected chi connectivity index (χ2v) is 11.2. The second kappa shape index (κ2) is 10.5. The summed E-state index contributed by atoms with van der Waals surface area (Å²) in [6, 6.07) is 25.1. The third-order valence-corrected chi connectivity index (χ3v) is 8.49. The third kappa shape index (κ3) is 4.41. The van der Waals surface area contributed by atoms with Crippen molar-refractivity contribution < 1.29 is 14.4 Å². The molecule has 3 heterocycles. The zero-order valence-corrected chi connectivity index (χ0v) is 23.2. The molecule has 1 saturated heterocycles. The number of aryl methyl sites for hydroxylation is 1. The Morgan fingerprint density at radius 3 is 2.36 bits per heavy atom. The van der Waals surface area contributed by atoms with E-state index in [4.69, 9.17) is 5.10 Å². The largest absolute Gasteiger partial charge is 0.271 e. The predicted octanol–water partition coefficient (Wildman–Crippen LogP) is 5.11. The Hall–Kier alpha value is -4.92. The van der Waals surface area contributed by atoms with E-state index >= 15 is 0 Å². The number of imide groups is 1. The highest BCUT2D eigenvalue weighted by atomic mass is 16.2. The van der Waals surface area contributed by atoms with Crippen LogP contribution in [-0.4, -0.2) is 52.1 Å². The van der Waals surface area contributed by atoms with Crippen LogP contribution < -0.4 is 4.90 Å². The molecule has 42 heavy (non-hydrogen) atoms. The van der Waals surface area contributed by atoms with Gasteiger partial charge >= 0.3 is 0 Å². The summed E-state index contributed by atoms with van der Waals surface area (Å²) in [5.41, 5.74) is 5.69. The first-order valence-corrected chi connectivity index (χ1v) is 14.3. The Morgan fingerprint density at radius 1 is 0.905 bits per heavy atom. The van der Waals surface area contributed by atoms with E-state index in [1.165, 1.54) is 5.01 Å². The van der Waals surface area contributed by atoms with Gasteiger partial charge in [0.1, 0.15) is 6.54 Å². The number of rotatable bonds is 5. The van der Waals surface area contributed by atoms with Crippen LogP contribution in [-0.2, 0) is 14.4 Å². The molecule has 0 unspecified atom stereocenters. The first-order valence-electron chi connectivity index (χ1n) is 14.3. The second-order valence-electron chi connectivity index (χ2n) is 11.2. The fourth-order valence-corrected chi connectivity index (χ4v) is 6.45. The smallest absolute Gasteiger partial charge is 0.264 e.